The van der Waals surface area contributed by atoms with Crippen molar-refractivity contribution in [3.8, 4) is 5.75 Å². The van der Waals surface area contributed by atoms with E-state index in [2.05, 4.69) is 17.4 Å². The smallest absolute Gasteiger partial charge is 0.118 e. The second kappa shape index (κ2) is 7.42. The molecule has 100 valence electrons. The van der Waals surface area contributed by atoms with Crippen LogP contribution in [0.25, 0.3) is 0 Å². The molecule has 1 aromatic rings. The van der Waals surface area contributed by atoms with Crippen molar-refractivity contribution in [3.05, 3.63) is 29.8 Å². The molecule has 0 radical (unpaired) electrons. The van der Waals surface area contributed by atoms with Gasteiger partial charge < -0.3 is 10.1 Å². The van der Waals surface area contributed by atoms with Gasteiger partial charge in [-0.1, -0.05) is 31.4 Å². The fourth-order valence-electron chi connectivity index (χ4n) is 2.70. The zero-order valence-electron chi connectivity index (χ0n) is 11.5. The lowest BCUT2D eigenvalue weighted by atomic mass is 9.95. The van der Waals surface area contributed by atoms with Crippen LogP contribution < -0.4 is 10.1 Å². The Labute approximate surface area is 111 Å². The summed E-state index contributed by atoms with van der Waals surface area (Å²) in [6.45, 7) is 1.15. The summed E-state index contributed by atoms with van der Waals surface area (Å²) in [5.74, 6) is 0.944. The maximum atomic E-state index is 5.16. The number of benzene rings is 1. The van der Waals surface area contributed by atoms with Gasteiger partial charge in [-0.25, -0.2) is 0 Å². The van der Waals surface area contributed by atoms with Gasteiger partial charge in [0, 0.05) is 6.04 Å². The number of aryl methyl sites for hydroxylation is 1. The van der Waals surface area contributed by atoms with Gasteiger partial charge in [0.05, 0.1) is 7.11 Å². The molecule has 0 spiro atoms. The van der Waals surface area contributed by atoms with Crippen LogP contribution in [0, 0.1) is 0 Å². The Morgan fingerprint density at radius 2 is 1.83 bits per heavy atom. The predicted molar refractivity (Wildman–Crippen MR) is 76.2 cm³/mol. The van der Waals surface area contributed by atoms with E-state index in [-0.39, 0.29) is 0 Å². The van der Waals surface area contributed by atoms with Gasteiger partial charge in [-0.15, -0.1) is 0 Å². The van der Waals surface area contributed by atoms with Crippen molar-refractivity contribution in [3.63, 3.8) is 0 Å². The monoisotopic (exact) mass is 247 g/mol. The second-order valence-electron chi connectivity index (χ2n) is 5.24. The average Bonchev–Trinajstić information content (AvgIpc) is 2.45. The number of hydrogen-bond acceptors (Lipinski definition) is 2. The maximum Gasteiger partial charge on any atom is 0.118 e. The molecular weight excluding hydrogens is 222 g/mol. The highest BCUT2D eigenvalue weighted by atomic mass is 16.5. The van der Waals surface area contributed by atoms with Crippen molar-refractivity contribution in [2.75, 3.05) is 13.7 Å². The molecule has 0 aromatic heterocycles. The Hall–Kier alpha value is -1.02. The molecule has 1 aromatic carbocycles. The molecule has 1 saturated carbocycles. The molecule has 1 aliphatic rings. The van der Waals surface area contributed by atoms with Gasteiger partial charge in [0.25, 0.3) is 0 Å². The molecular formula is C16H25NO. The van der Waals surface area contributed by atoms with E-state index < -0.39 is 0 Å². The third-order valence-electron chi connectivity index (χ3n) is 3.84. The summed E-state index contributed by atoms with van der Waals surface area (Å²) in [6, 6.07) is 9.21. The Morgan fingerprint density at radius 3 is 2.50 bits per heavy atom. The van der Waals surface area contributed by atoms with Crippen molar-refractivity contribution in [1.82, 2.24) is 5.32 Å². The van der Waals surface area contributed by atoms with E-state index in [0.717, 1.165) is 24.8 Å². The first-order valence-corrected chi connectivity index (χ1v) is 7.25. The van der Waals surface area contributed by atoms with E-state index >= 15 is 0 Å². The van der Waals surface area contributed by atoms with E-state index in [9.17, 15) is 0 Å². The number of methoxy groups -OCH3 is 1. The van der Waals surface area contributed by atoms with Gasteiger partial charge >= 0.3 is 0 Å². The Balaban J connectivity index is 1.62. The number of ether oxygens (including phenoxy) is 1. The fourth-order valence-corrected chi connectivity index (χ4v) is 2.70. The van der Waals surface area contributed by atoms with Crippen LogP contribution in [-0.4, -0.2) is 19.7 Å². The summed E-state index contributed by atoms with van der Waals surface area (Å²) in [4.78, 5) is 0. The molecule has 2 rings (SSSR count). The zero-order valence-corrected chi connectivity index (χ0v) is 11.5. The molecule has 0 unspecified atom stereocenters. The molecule has 1 aliphatic carbocycles. The van der Waals surface area contributed by atoms with Gasteiger partial charge in [-0.3, -0.25) is 0 Å². The van der Waals surface area contributed by atoms with Gasteiger partial charge in [-0.05, 0) is 49.9 Å². The largest absolute Gasteiger partial charge is 0.497 e. The van der Waals surface area contributed by atoms with E-state index in [1.165, 1.54) is 44.1 Å². The minimum absolute atomic E-state index is 0.787. The molecule has 1 fully saturated rings. The van der Waals surface area contributed by atoms with Crippen LogP contribution in [0.4, 0.5) is 0 Å². The topological polar surface area (TPSA) is 21.3 Å². The molecule has 0 heterocycles. The molecule has 0 bridgehead atoms. The SMILES string of the molecule is COc1ccc(CCCNC2CCCCC2)cc1. The van der Waals surface area contributed by atoms with Gasteiger partial charge in [0.15, 0.2) is 0 Å². The van der Waals surface area contributed by atoms with Crippen molar-refractivity contribution in [2.45, 2.75) is 51.0 Å². The van der Waals surface area contributed by atoms with Crippen molar-refractivity contribution < 1.29 is 4.74 Å². The lowest BCUT2D eigenvalue weighted by Gasteiger charge is -2.22. The van der Waals surface area contributed by atoms with Gasteiger partial charge in [-0.2, -0.15) is 0 Å². The molecule has 2 heteroatoms. The van der Waals surface area contributed by atoms with Crippen LogP contribution in [0.3, 0.4) is 0 Å². The molecule has 18 heavy (non-hydrogen) atoms. The van der Waals surface area contributed by atoms with Crippen LogP contribution in [0.1, 0.15) is 44.1 Å². The van der Waals surface area contributed by atoms with E-state index in [1.54, 1.807) is 7.11 Å². The zero-order chi connectivity index (χ0) is 12.6. The summed E-state index contributed by atoms with van der Waals surface area (Å²) in [5.41, 5.74) is 1.40. The van der Waals surface area contributed by atoms with Crippen molar-refractivity contribution in [2.24, 2.45) is 0 Å². The summed E-state index contributed by atoms with van der Waals surface area (Å²) in [6.07, 6.45) is 9.40. The summed E-state index contributed by atoms with van der Waals surface area (Å²) >= 11 is 0. The molecule has 2 nitrogen and oxygen atoms in total. The highest BCUT2D eigenvalue weighted by molar-refractivity contribution is 5.27. The highest BCUT2D eigenvalue weighted by Gasteiger charge is 2.11. The quantitative estimate of drug-likeness (QED) is 0.776. The summed E-state index contributed by atoms with van der Waals surface area (Å²) in [7, 11) is 1.71. The summed E-state index contributed by atoms with van der Waals surface area (Å²) < 4.78 is 5.16. The third-order valence-corrected chi connectivity index (χ3v) is 3.84. The van der Waals surface area contributed by atoms with Crippen LogP contribution in [0.15, 0.2) is 24.3 Å². The molecule has 0 aliphatic heterocycles. The first-order valence-electron chi connectivity index (χ1n) is 7.25. The summed E-state index contributed by atoms with van der Waals surface area (Å²) in [5, 5.41) is 3.69. The van der Waals surface area contributed by atoms with Crippen LogP contribution in [0.5, 0.6) is 5.75 Å². The lowest BCUT2D eigenvalue weighted by molar-refractivity contribution is 0.372. The minimum atomic E-state index is 0.787. The number of nitrogens with one attached hydrogen (secondary N) is 1. The molecule has 0 atom stereocenters. The third kappa shape index (κ3) is 4.34. The number of rotatable bonds is 6. The van der Waals surface area contributed by atoms with Gasteiger partial charge in [0.2, 0.25) is 0 Å². The van der Waals surface area contributed by atoms with E-state index in [1.807, 2.05) is 12.1 Å². The fraction of sp³-hybridized carbons (Fsp3) is 0.625. The molecule has 0 amide bonds. The van der Waals surface area contributed by atoms with E-state index in [4.69, 9.17) is 4.74 Å². The van der Waals surface area contributed by atoms with E-state index in [0.29, 0.717) is 0 Å². The normalized spacial score (nSPS) is 16.7. The lowest BCUT2D eigenvalue weighted by Crippen LogP contribution is -2.31. The number of hydrogen-bond donors (Lipinski definition) is 1. The van der Waals surface area contributed by atoms with Crippen molar-refractivity contribution >= 4 is 0 Å². The Kier molecular flexibility index (Phi) is 5.53. The molecule has 0 saturated heterocycles. The highest BCUT2D eigenvalue weighted by Crippen LogP contribution is 2.17. The standard InChI is InChI=1S/C16H25NO/c1-18-16-11-9-14(10-12-16)6-5-13-17-15-7-3-2-4-8-15/h9-12,15,17H,2-8,13H2,1H3. The van der Waals surface area contributed by atoms with Gasteiger partial charge in [0.1, 0.15) is 5.75 Å². The minimum Gasteiger partial charge on any atom is -0.497 e. The first kappa shape index (κ1) is 13.4. The van der Waals surface area contributed by atoms with Crippen LogP contribution in [0.2, 0.25) is 0 Å². The van der Waals surface area contributed by atoms with Crippen molar-refractivity contribution in [1.29, 1.82) is 0 Å². The Morgan fingerprint density at radius 1 is 1.11 bits per heavy atom. The first-order chi connectivity index (χ1) is 8.88. The van der Waals surface area contributed by atoms with Crippen LogP contribution in [-0.2, 0) is 6.42 Å². The van der Waals surface area contributed by atoms with Crippen LogP contribution >= 0.6 is 0 Å². The predicted octanol–water partition coefficient (Wildman–Crippen LogP) is 3.55. The molecule has 1 N–H and O–H groups in total. The maximum absolute atomic E-state index is 5.16. The average molecular weight is 247 g/mol. The Bertz CT molecular complexity index is 327. The second-order valence-corrected chi connectivity index (χ2v) is 5.24.